The minimum absolute atomic E-state index is 0.0561. The molecule has 0 bridgehead atoms. The van der Waals surface area contributed by atoms with Crippen LogP contribution in [0.2, 0.25) is 0 Å². The molecule has 1 fully saturated rings. The van der Waals surface area contributed by atoms with Crippen LogP contribution in [0.15, 0.2) is 18.2 Å². The number of hydrogen-bond acceptors (Lipinski definition) is 3. The van der Waals surface area contributed by atoms with Gasteiger partial charge in [0.05, 0.1) is 5.41 Å². The Kier molecular flexibility index (Phi) is 5.61. The smallest absolute Gasteiger partial charge is 0.254 e. The second-order valence-corrected chi connectivity index (χ2v) is 8.70. The SMILES string of the molecule is CC(C)N(C(=O)c1ccc2c(c1)N(CCN)C(=O)C2(C)C)C1CCCCC1. The summed E-state index contributed by atoms with van der Waals surface area (Å²) in [5.41, 5.74) is 7.64. The first kappa shape index (κ1) is 19.9. The Morgan fingerprint density at radius 2 is 1.93 bits per heavy atom. The van der Waals surface area contributed by atoms with E-state index in [1.54, 1.807) is 4.90 Å². The monoisotopic (exact) mass is 371 g/mol. The first-order valence-electron chi connectivity index (χ1n) is 10.3. The summed E-state index contributed by atoms with van der Waals surface area (Å²) in [6, 6.07) is 6.22. The number of carbonyl (C=O) groups is 2. The first-order valence-corrected chi connectivity index (χ1v) is 10.3. The van der Waals surface area contributed by atoms with Gasteiger partial charge in [0.1, 0.15) is 0 Å². The van der Waals surface area contributed by atoms with Gasteiger partial charge >= 0.3 is 0 Å². The van der Waals surface area contributed by atoms with Gasteiger partial charge in [0.25, 0.3) is 5.91 Å². The number of benzene rings is 1. The van der Waals surface area contributed by atoms with Gasteiger partial charge in [0, 0.05) is 36.4 Å². The van der Waals surface area contributed by atoms with Crippen LogP contribution < -0.4 is 10.6 Å². The topological polar surface area (TPSA) is 66.6 Å². The zero-order valence-corrected chi connectivity index (χ0v) is 17.1. The molecule has 1 saturated carbocycles. The molecule has 148 valence electrons. The van der Waals surface area contributed by atoms with Crippen molar-refractivity contribution in [2.24, 2.45) is 5.73 Å². The van der Waals surface area contributed by atoms with Gasteiger partial charge in [0.15, 0.2) is 0 Å². The van der Waals surface area contributed by atoms with E-state index in [0.29, 0.717) is 24.7 Å². The Balaban J connectivity index is 1.95. The molecule has 0 radical (unpaired) electrons. The van der Waals surface area contributed by atoms with Crippen LogP contribution in [0.3, 0.4) is 0 Å². The third-order valence-electron chi connectivity index (χ3n) is 6.10. The normalized spacial score (nSPS) is 19.5. The minimum Gasteiger partial charge on any atom is -0.333 e. The number of hydrogen-bond donors (Lipinski definition) is 1. The second-order valence-electron chi connectivity index (χ2n) is 8.70. The molecule has 0 spiro atoms. The number of nitrogens with two attached hydrogens (primary N) is 1. The fourth-order valence-corrected chi connectivity index (χ4v) is 4.66. The van der Waals surface area contributed by atoms with Gasteiger partial charge in [-0.1, -0.05) is 25.3 Å². The summed E-state index contributed by atoms with van der Waals surface area (Å²) in [5, 5.41) is 0. The van der Waals surface area contributed by atoms with E-state index >= 15 is 0 Å². The van der Waals surface area contributed by atoms with Crippen LogP contribution in [-0.4, -0.2) is 41.9 Å². The highest BCUT2D eigenvalue weighted by Gasteiger charge is 2.44. The molecular formula is C22H33N3O2. The Morgan fingerprint density at radius 1 is 1.26 bits per heavy atom. The van der Waals surface area contributed by atoms with Crippen molar-refractivity contribution < 1.29 is 9.59 Å². The molecule has 3 rings (SSSR count). The molecule has 2 aliphatic rings. The van der Waals surface area contributed by atoms with E-state index in [-0.39, 0.29) is 17.9 Å². The summed E-state index contributed by atoms with van der Waals surface area (Å²) in [6.45, 7) is 8.94. The molecule has 1 aliphatic carbocycles. The van der Waals surface area contributed by atoms with E-state index in [4.69, 9.17) is 5.73 Å². The van der Waals surface area contributed by atoms with Crippen LogP contribution in [0, 0.1) is 0 Å². The van der Waals surface area contributed by atoms with Gasteiger partial charge in [-0.2, -0.15) is 0 Å². The highest BCUT2D eigenvalue weighted by Crippen LogP contribution is 2.42. The lowest BCUT2D eigenvalue weighted by atomic mass is 9.85. The summed E-state index contributed by atoms with van der Waals surface area (Å²) in [4.78, 5) is 30.0. The largest absolute Gasteiger partial charge is 0.333 e. The van der Waals surface area contributed by atoms with E-state index < -0.39 is 5.41 Å². The lowest BCUT2D eigenvalue weighted by molar-refractivity contribution is -0.122. The maximum atomic E-state index is 13.4. The van der Waals surface area contributed by atoms with Crippen LogP contribution in [-0.2, 0) is 10.2 Å². The number of carbonyl (C=O) groups excluding carboxylic acids is 2. The minimum atomic E-state index is -0.576. The number of nitrogens with zero attached hydrogens (tertiary/aromatic N) is 2. The van der Waals surface area contributed by atoms with Gasteiger partial charge in [0.2, 0.25) is 5.91 Å². The summed E-state index contributed by atoms with van der Waals surface area (Å²) in [5.74, 6) is 0.130. The molecule has 0 unspecified atom stereocenters. The highest BCUT2D eigenvalue weighted by molar-refractivity contribution is 6.09. The highest BCUT2D eigenvalue weighted by atomic mass is 16.2. The van der Waals surface area contributed by atoms with Crippen LogP contribution >= 0.6 is 0 Å². The molecule has 0 atom stereocenters. The zero-order chi connectivity index (χ0) is 19.8. The molecule has 5 heteroatoms. The van der Waals surface area contributed by atoms with Crippen molar-refractivity contribution in [3.63, 3.8) is 0 Å². The first-order chi connectivity index (χ1) is 12.8. The molecule has 1 heterocycles. The van der Waals surface area contributed by atoms with Crippen molar-refractivity contribution in [1.82, 2.24) is 4.90 Å². The van der Waals surface area contributed by atoms with Crippen molar-refractivity contribution >= 4 is 17.5 Å². The van der Waals surface area contributed by atoms with Crippen molar-refractivity contribution in [3.8, 4) is 0 Å². The molecule has 1 aromatic rings. The molecular weight excluding hydrogens is 338 g/mol. The summed E-state index contributed by atoms with van der Waals surface area (Å²) in [6.07, 6.45) is 5.82. The molecule has 1 aliphatic heterocycles. The van der Waals surface area contributed by atoms with E-state index in [0.717, 1.165) is 24.1 Å². The molecule has 1 aromatic carbocycles. The number of anilines is 1. The third-order valence-corrected chi connectivity index (χ3v) is 6.10. The number of fused-ring (bicyclic) bond motifs is 1. The zero-order valence-electron chi connectivity index (χ0n) is 17.1. The quantitative estimate of drug-likeness (QED) is 0.862. The Labute approximate surface area is 162 Å². The van der Waals surface area contributed by atoms with Gasteiger partial charge in [-0.3, -0.25) is 9.59 Å². The summed E-state index contributed by atoms with van der Waals surface area (Å²) >= 11 is 0. The average molecular weight is 372 g/mol. The maximum absolute atomic E-state index is 13.4. The van der Waals surface area contributed by atoms with Crippen molar-refractivity contribution in [3.05, 3.63) is 29.3 Å². The summed E-state index contributed by atoms with van der Waals surface area (Å²) < 4.78 is 0. The van der Waals surface area contributed by atoms with Gasteiger partial charge in [-0.05, 0) is 58.2 Å². The Hall–Kier alpha value is -1.88. The third kappa shape index (κ3) is 3.49. The van der Waals surface area contributed by atoms with Crippen molar-refractivity contribution in [2.75, 3.05) is 18.0 Å². The molecule has 0 saturated heterocycles. The van der Waals surface area contributed by atoms with Gasteiger partial charge in [-0.15, -0.1) is 0 Å². The van der Waals surface area contributed by atoms with Crippen LogP contribution in [0.5, 0.6) is 0 Å². The summed E-state index contributed by atoms with van der Waals surface area (Å²) in [7, 11) is 0. The molecule has 5 nitrogen and oxygen atoms in total. The van der Waals surface area contributed by atoms with Crippen molar-refractivity contribution in [2.45, 2.75) is 77.3 Å². The molecule has 0 aromatic heterocycles. The van der Waals surface area contributed by atoms with Crippen LogP contribution in [0.4, 0.5) is 5.69 Å². The lowest BCUT2D eigenvalue weighted by Gasteiger charge is -2.37. The van der Waals surface area contributed by atoms with E-state index in [2.05, 4.69) is 18.7 Å². The molecule has 2 N–H and O–H groups in total. The van der Waals surface area contributed by atoms with E-state index in [1.807, 2.05) is 32.0 Å². The molecule has 27 heavy (non-hydrogen) atoms. The fraction of sp³-hybridized carbons (Fsp3) is 0.636. The average Bonchev–Trinajstić information content (AvgIpc) is 2.83. The second kappa shape index (κ2) is 7.63. The van der Waals surface area contributed by atoms with Gasteiger partial charge < -0.3 is 15.5 Å². The predicted molar refractivity (Wildman–Crippen MR) is 109 cm³/mol. The number of rotatable bonds is 5. The standard InChI is InChI=1S/C22H33N3O2/c1-15(2)25(17-8-6-5-7-9-17)20(26)16-10-11-18-19(14-16)24(13-12-23)21(27)22(18,3)4/h10-11,14-15,17H,5-9,12-13,23H2,1-4H3. The Morgan fingerprint density at radius 3 is 2.52 bits per heavy atom. The lowest BCUT2D eigenvalue weighted by Crippen LogP contribution is -2.45. The number of amides is 2. The predicted octanol–water partition coefficient (Wildman–Crippen LogP) is 3.45. The fourth-order valence-electron chi connectivity index (χ4n) is 4.66. The maximum Gasteiger partial charge on any atom is 0.254 e. The molecule has 2 amide bonds. The van der Waals surface area contributed by atoms with E-state index in [9.17, 15) is 9.59 Å². The van der Waals surface area contributed by atoms with Crippen LogP contribution in [0.1, 0.15) is 75.7 Å². The van der Waals surface area contributed by atoms with Crippen LogP contribution in [0.25, 0.3) is 0 Å². The van der Waals surface area contributed by atoms with Crippen molar-refractivity contribution in [1.29, 1.82) is 0 Å². The van der Waals surface area contributed by atoms with Gasteiger partial charge in [-0.25, -0.2) is 0 Å². The van der Waals surface area contributed by atoms with E-state index in [1.165, 1.54) is 19.3 Å². The Bertz CT molecular complexity index is 720.